The van der Waals surface area contributed by atoms with Crippen LogP contribution < -0.4 is 5.32 Å². The molecule has 2 heterocycles. The molecule has 0 bridgehead atoms. The first-order valence-electron chi connectivity index (χ1n) is 11.0. The number of hydrogen-bond acceptors (Lipinski definition) is 6. The van der Waals surface area contributed by atoms with Gasteiger partial charge < -0.3 is 24.4 Å². The predicted molar refractivity (Wildman–Crippen MR) is 115 cm³/mol. The Morgan fingerprint density at radius 3 is 2.63 bits per heavy atom. The Kier molecular flexibility index (Phi) is 7.58. The van der Waals surface area contributed by atoms with Gasteiger partial charge in [0.05, 0.1) is 12.2 Å². The molecule has 0 atom stereocenters. The van der Waals surface area contributed by atoms with E-state index in [0.29, 0.717) is 19.1 Å². The predicted octanol–water partition coefficient (Wildman–Crippen LogP) is 2.16. The molecule has 1 aliphatic heterocycles. The minimum absolute atomic E-state index is 0.230. The number of nitrogens with zero attached hydrogens (tertiary/aromatic N) is 5. The topological polar surface area (TPSA) is 86.4 Å². The molecular weight excluding hydrogens is 384 g/mol. The summed E-state index contributed by atoms with van der Waals surface area (Å²) in [6, 6.07) is 2.21. The van der Waals surface area contributed by atoms with Crippen LogP contribution >= 0.6 is 0 Å². The highest BCUT2D eigenvalue weighted by Gasteiger charge is 2.35. The largest absolute Gasteiger partial charge is 0.444 e. The number of aromatic nitrogens is 1. The molecule has 9 nitrogen and oxygen atoms in total. The van der Waals surface area contributed by atoms with Crippen LogP contribution in [0.4, 0.5) is 4.79 Å². The van der Waals surface area contributed by atoms with E-state index in [2.05, 4.69) is 27.2 Å². The Balaban J connectivity index is 1.50. The highest BCUT2D eigenvalue weighted by molar-refractivity contribution is 5.80. The lowest BCUT2D eigenvalue weighted by Crippen LogP contribution is -2.52. The summed E-state index contributed by atoms with van der Waals surface area (Å²) in [5.41, 5.74) is 0.486. The number of piperazine rings is 1. The normalized spacial score (nSPS) is 18.4. The molecule has 1 saturated carbocycles. The molecule has 1 aromatic heterocycles. The Hall–Kier alpha value is -2.29. The molecule has 1 amide bonds. The highest BCUT2D eigenvalue weighted by Crippen LogP contribution is 2.28. The van der Waals surface area contributed by atoms with E-state index < -0.39 is 5.60 Å². The number of guanidine groups is 1. The van der Waals surface area contributed by atoms with Crippen LogP contribution in [-0.4, -0.2) is 89.4 Å². The minimum Gasteiger partial charge on any atom is -0.444 e. The molecule has 0 unspecified atom stereocenters. The lowest BCUT2D eigenvalue weighted by Gasteiger charge is -2.36. The molecule has 2 fully saturated rings. The van der Waals surface area contributed by atoms with Crippen LogP contribution in [-0.2, 0) is 11.3 Å². The summed E-state index contributed by atoms with van der Waals surface area (Å²) in [4.78, 5) is 23.8. The zero-order valence-electron chi connectivity index (χ0n) is 18.8. The SMILES string of the molecule is CCNC(=NCCN(C(=O)OC(C)(C)C)C1CC1)N1CCN(Cc2ccon2)CC1. The van der Waals surface area contributed by atoms with Gasteiger partial charge in [-0.15, -0.1) is 0 Å². The summed E-state index contributed by atoms with van der Waals surface area (Å²) in [5, 5.41) is 7.39. The molecule has 0 radical (unpaired) electrons. The summed E-state index contributed by atoms with van der Waals surface area (Å²) in [5.74, 6) is 0.915. The number of aliphatic imine (C=N–C) groups is 1. The summed E-state index contributed by atoms with van der Waals surface area (Å²) in [7, 11) is 0. The second-order valence-electron chi connectivity index (χ2n) is 8.89. The zero-order chi connectivity index (χ0) is 21.6. The third-order valence-corrected chi connectivity index (χ3v) is 5.10. The number of rotatable bonds is 7. The van der Waals surface area contributed by atoms with Crippen molar-refractivity contribution in [3.63, 3.8) is 0 Å². The number of carbonyl (C=O) groups is 1. The first-order valence-corrected chi connectivity index (χ1v) is 11.0. The van der Waals surface area contributed by atoms with Crippen molar-refractivity contribution < 1.29 is 14.1 Å². The van der Waals surface area contributed by atoms with Crippen LogP contribution in [0.5, 0.6) is 0 Å². The van der Waals surface area contributed by atoms with Crippen molar-refractivity contribution >= 4 is 12.1 Å². The molecule has 1 saturated heterocycles. The third-order valence-electron chi connectivity index (χ3n) is 5.10. The summed E-state index contributed by atoms with van der Waals surface area (Å²) in [6.07, 6.45) is 3.49. The van der Waals surface area contributed by atoms with Crippen LogP contribution in [0.1, 0.15) is 46.2 Å². The smallest absolute Gasteiger partial charge is 0.410 e. The van der Waals surface area contributed by atoms with Gasteiger partial charge in [0.2, 0.25) is 0 Å². The summed E-state index contributed by atoms with van der Waals surface area (Å²) in [6.45, 7) is 14.3. The Labute approximate surface area is 179 Å². The zero-order valence-corrected chi connectivity index (χ0v) is 18.8. The lowest BCUT2D eigenvalue weighted by atomic mass is 10.2. The van der Waals surface area contributed by atoms with Crippen LogP contribution in [0.2, 0.25) is 0 Å². The quantitative estimate of drug-likeness (QED) is 0.534. The van der Waals surface area contributed by atoms with E-state index in [0.717, 1.165) is 63.8 Å². The van der Waals surface area contributed by atoms with Crippen molar-refractivity contribution in [2.75, 3.05) is 45.8 Å². The van der Waals surface area contributed by atoms with Crippen molar-refractivity contribution in [2.45, 2.75) is 58.7 Å². The number of nitrogens with one attached hydrogen (secondary N) is 1. The van der Waals surface area contributed by atoms with Crippen LogP contribution in [0.15, 0.2) is 21.8 Å². The van der Waals surface area contributed by atoms with Crippen molar-refractivity contribution in [1.29, 1.82) is 0 Å². The van der Waals surface area contributed by atoms with Crippen LogP contribution in [0, 0.1) is 0 Å². The minimum atomic E-state index is -0.478. The molecule has 0 aromatic carbocycles. The van der Waals surface area contributed by atoms with Gasteiger partial charge in [-0.3, -0.25) is 9.89 Å². The van der Waals surface area contributed by atoms with E-state index in [-0.39, 0.29) is 6.09 Å². The average molecular weight is 421 g/mol. The van der Waals surface area contributed by atoms with Crippen molar-refractivity contribution in [1.82, 2.24) is 25.2 Å². The third kappa shape index (κ3) is 6.90. The van der Waals surface area contributed by atoms with Gasteiger partial charge in [-0.1, -0.05) is 5.16 Å². The molecule has 1 aliphatic carbocycles. The van der Waals surface area contributed by atoms with E-state index in [1.165, 1.54) is 0 Å². The van der Waals surface area contributed by atoms with Crippen molar-refractivity contribution in [3.05, 3.63) is 18.0 Å². The maximum atomic E-state index is 12.5. The van der Waals surface area contributed by atoms with Gasteiger partial charge >= 0.3 is 6.09 Å². The molecular formula is C21H36N6O3. The van der Waals surface area contributed by atoms with Gasteiger partial charge in [-0.05, 0) is 40.5 Å². The van der Waals surface area contributed by atoms with E-state index in [4.69, 9.17) is 14.3 Å². The molecule has 2 aliphatic rings. The average Bonchev–Trinajstić information content (AvgIpc) is 3.39. The van der Waals surface area contributed by atoms with E-state index >= 15 is 0 Å². The highest BCUT2D eigenvalue weighted by atomic mass is 16.6. The summed E-state index contributed by atoms with van der Waals surface area (Å²) >= 11 is 0. The van der Waals surface area contributed by atoms with Gasteiger partial charge in [0.15, 0.2) is 5.96 Å². The summed E-state index contributed by atoms with van der Waals surface area (Å²) < 4.78 is 10.5. The van der Waals surface area contributed by atoms with Crippen LogP contribution in [0.25, 0.3) is 0 Å². The standard InChI is InChI=1S/C21H36N6O3/c1-5-22-19(26-13-11-25(12-14-26)16-17-8-15-29-24-17)23-9-10-27(18-6-7-18)20(28)30-21(2,3)4/h8,15,18H,5-7,9-14,16H2,1-4H3,(H,22,23). The Bertz CT molecular complexity index is 688. The van der Waals surface area contributed by atoms with Crippen LogP contribution in [0.3, 0.4) is 0 Å². The van der Waals surface area contributed by atoms with Crippen molar-refractivity contribution in [2.24, 2.45) is 4.99 Å². The Morgan fingerprint density at radius 2 is 2.07 bits per heavy atom. The molecule has 1 N–H and O–H groups in total. The first kappa shape index (κ1) is 22.4. The number of amides is 1. The maximum absolute atomic E-state index is 12.5. The number of hydrogen-bond donors (Lipinski definition) is 1. The first-order chi connectivity index (χ1) is 14.4. The molecule has 30 heavy (non-hydrogen) atoms. The number of carbonyl (C=O) groups excluding carboxylic acids is 1. The van der Waals surface area contributed by atoms with Gasteiger partial charge in [0.25, 0.3) is 0 Å². The fraction of sp³-hybridized carbons (Fsp3) is 0.762. The lowest BCUT2D eigenvalue weighted by molar-refractivity contribution is 0.0240. The second kappa shape index (κ2) is 10.1. The number of ether oxygens (including phenoxy) is 1. The van der Waals surface area contributed by atoms with E-state index in [1.807, 2.05) is 31.7 Å². The van der Waals surface area contributed by atoms with Gasteiger partial charge in [0.1, 0.15) is 11.9 Å². The van der Waals surface area contributed by atoms with E-state index in [1.54, 1.807) is 6.26 Å². The molecule has 168 valence electrons. The molecule has 9 heteroatoms. The second-order valence-corrected chi connectivity index (χ2v) is 8.89. The van der Waals surface area contributed by atoms with Crippen molar-refractivity contribution in [3.8, 4) is 0 Å². The maximum Gasteiger partial charge on any atom is 0.410 e. The fourth-order valence-electron chi connectivity index (χ4n) is 3.49. The molecule has 3 rings (SSSR count). The Morgan fingerprint density at radius 1 is 1.33 bits per heavy atom. The van der Waals surface area contributed by atoms with Gasteiger partial charge in [-0.25, -0.2) is 4.79 Å². The molecule has 0 spiro atoms. The fourth-order valence-corrected chi connectivity index (χ4v) is 3.49. The monoisotopic (exact) mass is 420 g/mol. The van der Waals surface area contributed by atoms with E-state index in [9.17, 15) is 4.79 Å². The van der Waals surface area contributed by atoms with Gasteiger partial charge in [0, 0.05) is 57.9 Å². The van der Waals surface area contributed by atoms with Gasteiger partial charge in [-0.2, -0.15) is 0 Å². The molecule has 1 aromatic rings.